The normalized spacial score (nSPS) is 13.4. The monoisotopic (exact) mass is 989 g/mol. The van der Waals surface area contributed by atoms with E-state index in [0.29, 0.717) is 19.3 Å². The van der Waals surface area contributed by atoms with E-state index < -0.39 is 12.1 Å². The van der Waals surface area contributed by atoms with Gasteiger partial charge in [0.15, 0.2) is 6.10 Å². The van der Waals surface area contributed by atoms with Gasteiger partial charge in [0.2, 0.25) is 0 Å². The van der Waals surface area contributed by atoms with E-state index >= 15 is 0 Å². The lowest BCUT2D eigenvalue weighted by molar-refractivity contribution is -0.166. The summed E-state index contributed by atoms with van der Waals surface area (Å²) in [7, 11) is 0. The van der Waals surface area contributed by atoms with Crippen molar-refractivity contribution in [2.45, 2.75) is 213 Å². The highest BCUT2D eigenvalue weighted by Crippen LogP contribution is 2.12. The fourth-order valence-corrected chi connectivity index (χ4v) is 6.97. The first kappa shape index (κ1) is 66.8. The van der Waals surface area contributed by atoms with Crippen LogP contribution in [0.15, 0.2) is 170 Å². The van der Waals surface area contributed by atoms with Gasteiger partial charge in [-0.15, -0.1) is 0 Å². The number of unbranched alkanes of at least 4 members (excludes halogenated alkanes) is 15. The fraction of sp³-hybridized carbons (Fsp3) is 0.530. The minimum Gasteiger partial charge on any atom is -0.462 e. The van der Waals surface area contributed by atoms with Gasteiger partial charge in [0.05, 0.1) is 0 Å². The standard InChI is InChI=1S/C66H100O6/c1-4-7-10-13-16-19-22-25-28-31-33-35-38-41-44-47-50-53-56-59-65(68)71-62-63(61-70-64(67)58-55-52-49-46-43-40-37-30-27-24-21-18-15-12-9-6-3)72-66(69)60-57-54-51-48-45-42-39-36-34-32-29-26-23-20-17-14-11-8-5-2/h7-8,10-11,13,16-17,19-20,22,25-26,28-31,33-38,41-42,44-45,51,54,63H,4-6,9,12,14-15,18,21,23-24,27,32,39-40,43,46-50,52-53,55-62H2,1-3H3/b10-7-,11-8-,16-13-,20-17-,22-19-,28-25-,29-26-,33-31+,36-34-,37-30-,38-35-,44-41-,45-42-,54-51-. The Kier molecular flexibility index (Phi) is 54.1. The lowest BCUT2D eigenvalue weighted by atomic mass is 10.1. The van der Waals surface area contributed by atoms with Crippen LogP contribution < -0.4 is 0 Å². The van der Waals surface area contributed by atoms with E-state index in [0.717, 1.165) is 96.3 Å². The van der Waals surface area contributed by atoms with E-state index in [9.17, 15) is 14.4 Å². The van der Waals surface area contributed by atoms with Crippen molar-refractivity contribution in [2.24, 2.45) is 0 Å². The second-order valence-electron chi connectivity index (χ2n) is 17.9. The largest absolute Gasteiger partial charge is 0.462 e. The first-order valence-corrected chi connectivity index (χ1v) is 28.2. The Bertz CT molecular complexity index is 1700. The van der Waals surface area contributed by atoms with Gasteiger partial charge in [-0.1, -0.05) is 255 Å². The predicted molar refractivity (Wildman–Crippen MR) is 311 cm³/mol. The molecule has 0 aromatic carbocycles. The van der Waals surface area contributed by atoms with Crippen molar-refractivity contribution in [1.29, 1.82) is 0 Å². The Morgan fingerprint density at radius 2 is 0.639 bits per heavy atom. The predicted octanol–water partition coefficient (Wildman–Crippen LogP) is 19.1. The maximum atomic E-state index is 12.8. The molecule has 0 fully saturated rings. The molecular formula is C66H100O6. The molecule has 0 aromatic rings. The molecule has 0 aliphatic carbocycles. The average molecular weight is 990 g/mol. The SMILES string of the molecule is CC\C=C/C=C\C=C/C=C\C=C\C=C/C=C\CCCCCC(=O)OCC(COC(=O)CCCCCCC/C=C\CCCCCCCCC)OC(=O)CC/C=C\C/C=C\C/C=C\C/C=C\C/C=C\C/C=C\CC. The molecule has 1 unspecified atom stereocenters. The number of carbonyl (C=O) groups is 3. The smallest absolute Gasteiger partial charge is 0.306 e. The maximum absolute atomic E-state index is 12.8. The first-order valence-electron chi connectivity index (χ1n) is 28.2. The molecule has 6 nitrogen and oxygen atoms in total. The number of esters is 3. The van der Waals surface area contributed by atoms with Crippen molar-refractivity contribution >= 4 is 17.9 Å². The summed E-state index contributed by atoms with van der Waals surface area (Å²) in [6, 6.07) is 0. The van der Waals surface area contributed by atoms with E-state index in [2.05, 4.69) is 106 Å². The molecule has 0 N–H and O–H groups in total. The molecular weight excluding hydrogens is 889 g/mol. The number of allylic oxidation sites excluding steroid dienone is 28. The van der Waals surface area contributed by atoms with Gasteiger partial charge in [-0.25, -0.2) is 0 Å². The number of hydrogen-bond acceptors (Lipinski definition) is 6. The summed E-state index contributed by atoms with van der Waals surface area (Å²) in [6.07, 6.45) is 86.3. The minimum absolute atomic E-state index is 0.136. The quantitative estimate of drug-likeness (QED) is 0.0199. The second kappa shape index (κ2) is 58.3. The molecule has 72 heavy (non-hydrogen) atoms. The molecule has 6 heteroatoms. The van der Waals surface area contributed by atoms with Crippen molar-refractivity contribution in [3.05, 3.63) is 170 Å². The molecule has 0 saturated carbocycles. The zero-order chi connectivity index (χ0) is 52.2. The Balaban J connectivity index is 4.66. The molecule has 0 aliphatic heterocycles. The fourth-order valence-electron chi connectivity index (χ4n) is 6.97. The molecule has 0 aliphatic rings. The third-order valence-corrected chi connectivity index (χ3v) is 11.1. The van der Waals surface area contributed by atoms with Crippen molar-refractivity contribution in [2.75, 3.05) is 13.2 Å². The van der Waals surface area contributed by atoms with Crippen LogP contribution in [0.5, 0.6) is 0 Å². The van der Waals surface area contributed by atoms with Gasteiger partial charge in [0.25, 0.3) is 0 Å². The molecule has 0 heterocycles. The summed E-state index contributed by atoms with van der Waals surface area (Å²) in [5, 5.41) is 0. The molecule has 1 atom stereocenters. The van der Waals surface area contributed by atoms with Crippen LogP contribution in [-0.4, -0.2) is 37.2 Å². The summed E-state index contributed by atoms with van der Waals surface area (Å²) in [4.78, 5) is 38.1. The first-order chi connectivity index (χ1) is 35.5. The molecule has 0 amide bonds. The van der Waals surface area contributed by atoms with Gasteiger partial charge in [-0.2, -0.15) is 0 Å². The van der Waals surface area contributed by atoms with Crippen molar-refractivity contribution in [3.63, 3.8) is 0 Å². The molecule has 0 bridgehead atoms. The lowest BCUT2D eigenvalue weighted by Crippen LogP contribution is -2.30. The van der Waals surface area contributed by atoms with Gasteiger partial charge >= 0.3 is 17.9 Å². The number of carbonyl (C=O) groups excluding carboxylic acids is 3. The Hall–Kier alpha value is -5.23. The van der Waals surface area contributed by atoms with E-state index in [1.807, 2.05) is 85.1 Å². The van der Waals surface area contributed by atoms with Crippen LogP contribution >= 0.6 is 0 Å². The highest BCUT2D eigenvalue weighted by molar-refractivity contribution is 5.71. The van der Waals surface area contributed by atoms with Crippen molar-refractivity contribution in [3.8, 4) is 0 Å². The highest BCUT2D eigenvalue weighted by atomic mass is 16.6. The van der Waals surface area contributed by atoms with Gasteiger partial charge in [0.1, 0.15) is 13.2 Å². The summed E-state index contributed by atoms with van der Waals surface area (Å²) in [6.45, 7) is 6.25. The van der Waals surface area contributed by atoms with E-state index in [1.54, 1.807) is 0 Å². The van der Waals surface area contributed by atoms with Crippen LogP contribution in [0.2, 0.25) is 0 Å². The Morgan fingerprint density at radius 3 is 1.08 bits per heavy atom. The average Bonchev–Trinajstić information content (AvgIpc) is 3.38. The van der Waals surface area contributed by atoms with Gasteiger partial charge < -0.3 is 14.2 Å². The zero-order valence-electron chi connectivity index (χ0n) is 45.6. The van der Waals surface area contributed by atoms with Crippen LogP contribution in [0, 0.1) is 0 Å². The number of hydrogen-bond donors (Lipinski definition) is 0. The summed E-state index contributed by atoms with van der Waals surface area (Å²) < 4.78 is 16.7. The third-order valence-electron chi connectivity index (χ3n) is 11.1. The van der Waals surface area contributed by atoms with Crippen LogP contribution in [0.3, 0.4) is 0 Å². The Morgan fingerprint density at radius 1 is 0.306 bits per heavy atom. The number of rotatable bonds is 48. The number of ether oxygens (including phenoxy) is 3. The third kappa shape index (κ3) is 55.7. The van der Waals surface area contributed by atoms with Crippen molar-refractivity contribution in [1.82, 2.24) is 0 Å². The minimum atomic E-state index is -0.851. The van der Waals surface area contributed by atoms with Gasteiger partial charge in [-0.3, -0.25) is 14.4 Å². The van der Waals surface area contributed by atoms with Crippen LogP contribution in [0.25, 0.3) is 0 Å². The molecule has 400 valence electrons. The Labute approximate surface area is 441 Å². The van der Waals surface area contributed by atoms with E-state index in [-0.39, 0.29) is 38.0 Å². The molecule has 0 saturated heterocycles. The van der Waals surface area contributed by atoms with E-state index in [1.165, 1.54) is 57.8 Å². The molecule has 0 aromatic heterocycles. The lowest BCUT2D eigenvalue weighted by Gasteiger charge is -2.18. The maximum Gasteiger partial charge on any atom is 0.306 e. The van der Waals surface area contributed by atoms with E-state index in [4.69, 9.17) is 14.2 Å². The van der Waals surface area contributed by atoms with Crippen LogP contribution in [-0.2, 0) is 28.6 Å². The van der Waals surface area contributed by atoms with Gasteiger partial charge in [0, 0.05) is 19.3 Å². The van der Waals surface area contributed by atoms with Gasteiger partial charge in [-0.05, 0) is 103 Å². The molecule has 0 radical (unpaired) electrons. The topological polar surface area (TPSA) is 78.9 Å². The zero-order valence-corrected chi connectivity index (χ0v) is 45.6. The summed E-state index contributed by atoms with van der Waals surface area (Å²) in [5.41, 5.74) is 0. The summed E-state index contributed by atoms with van der Waals surface area (Å²) in [5.74, 6) is -1.09. The molecule has 0 spiro atoms. The van der Waals surface area contributed by atoms with Crippen LogP contribution in [0.4, 0.5) is 0 Å². The van der Waals surface area contributed by atoms with Crippen LogP contribution in [0.1, 0.15) is 207 Å². The summed E-state index contributed by atoms with van der Waals surface area (Å²) >= 11 is 0. The molecule has 0 rings (SSSR count). The highest BCUT2D eigenvalue weighted by Gasteiger charge is 2.19. The second-order valence-corrected chi connectivity index (χ2v) is 17.9. The van der Waals surface area contributed by atoms with Crippen molar-refractivity contribution < 1.29 is 28.6 Å².